The van der Waals surface area contributed by atoms with Crippen LogP contribution >= 0.6 is 0 Å². The van der Waals surface area contributed by atoms with Gasteiger partial charge in [0.25, 0.3) is 5.91 Å². The van der Waals surface area contributed by atoms with Crippen molar-refractivity contribution in [1.29, 1.82) is 0 Å². The minimum atomic E-state index is -0.315. The average molecular weight is 379 g/mol. The third-order valence-electron chi connectivity index (χ3n) is 5.41. The van der Waals surface area contributed by atoms with E-state index in [0.29, 0.717) is 30.0 Å². The minimum absolute atomic E-state index is 0.0403. The van der Waals surface area contributed by atoms with Crippen LogP contribution in [0.1, 0.15) is 29.2 Å². The number of rotatable bonds is 3. The molecule has 0 aromatic heterocycles. The number of Topliss-reactive ketones (excluding diaryl/α,β-unsaturated/α-hetero) is 1. The first kappa shape index (κ1) is 18.1. The Morgan fingerprint density at radius 1 is 1.11 bits per heavy atom. The summed E-state index contributed by atoms with van der Waals surface area (Å²) in [4.78, 5) is 27.6. The predicted octanol–water partition coefficient (Wildman–Crippen LogP) is 2.89. The molecule has 2 aromatic carbocycles. The largest absolute Gasteiger partial charge is 0.507 e. The molecule has 0 spiro atoms. The van der Waals surface area contributed by atoms with Crippen molar-refractivity contribution >= 4 is 17.8 Å². The quantitative estimate of drug-likeness (QED) is 0.656. The fourth-order valence-electron chi connectivity index (χ4n) is 3.96. The van der Waals surface area contributed by atoms with Crippen LogP contribution in [0, 0.1) is 0 Å². The van der Waals surface area contributed by atoms with Gasteiger partial charge in [-0.25, -0.2) is 0 Å². The minimum Gasteiger partial charge on any atom is -0.507 e. The Morgan fingerprint density at radius 3 is 2.54 bits per heavy atom. The highest BCUT2D eigenvalue weighted by Crippen LogP contribution is 2.42. The lowest BCUT2D eigenvalue weighted by molar-refractivity contribution is -0.136. The van der Waals surface area contributed by atoms with Crippen LogP contribution in [0.15, 0.2) is 42.0 Å². The highest BCUT2D eigenvalue weighted by atomic mass is 16.5. The topological polar surface area (TPSA) is 76.1 Å². The van der Waals surface area contributed by atoms with E-state index >= 15 is 0 Å². The zero-order valence-corrected chi connectivity index (χ0v) is 15.8. The number of methoxy groups -OCH3 is 2. The molecule has 1 amide bonds. The molecule has 2 aliphatic heterocycles. The molecule has 0 unspecified atom stereocenters. The van der Waals surface area contributed by atoms with Gasteiger partial charge in [-0.05, 0) is 41.8 Å². The Kier molecular flexibility index (Phi) is 4.55. The maximum absolute atomic E-state index is 13.1. The van der Waals surface area contributed by atoms with Crippen molar-refractivity contribution < 1.29 is 24.2 Å². The summed E-state index contributed by atoms with van der Waals surface area (Å²) in [6.07, 6.45) is 2.37. The highest BCUT2D eigenvalue weighted by Gasteiger charge is 2.41. The molecule has 28 heavy (non-hydrogen) atoms. The highest BCUT2D eigenvalue weighted by molar-refractivity contribution is 6.24. The Bertz CT molecular complexity index is 994. The van der Waals surface area contributed by atoms with Crippen LogP contribution in [-0.4, -0.2) is 42.5 Å². The Hall–Kier alpha value is -3.28. The molecule has 6 heteroatoms. The molecule has 6 nitrogen and oxygen atoms in total. The zero-order valence-electron chi connectivity index (χ0n) is 15.8. The van der Waals surface area contributed by atoms with Crippen molar-refractivity contribution in [3.63, 3.8) is 0 Å². The molecule has 0 bridgehead atoms. The predicted molar refractivity (Wildman–Crippen MR) is 103 cm³/mol. The second-order valence-electron chi connectivity index (χ2n) is 6.91. The van der Waals surface area contributed by atoms with Crippen LogP contribution in [0.4, 0.5) is 0 Å². The average Bonchev–Trinajstić information content (AvgIpc) is 2.71. The lowest BCUT2D eigenvalue weighted by Crippen LogP contribution is -2.46. The van der Waals surface area contributed by atoms with Gasteiger partial charge in [0.05, 0.1) is 25.8 Å². The number of fused-ring (bicyclic) bond motifs is 3. The number of para-hydroxylation sites is 1. The van der Waals surface area contributed by atoms with Gasteiger partial charge in [-0.2, -0.15) is 0 Å². The number of phenolic OH excluding ortho intramolecular Hbond substituents is 1. The second-order valence-corrected chi connectivity index (χ2v) is 6.91. The molecule has 2 aromatic rings. The van der Waals surface area contributed by atoms with Gasteiger partial charge in [0.2, 0.25) is 0 Å². The maximum Gasteiger partial charge on any atom is 0.258 e. The smallest absolute Gasteiger partial charge is 0.258 e. The number of ketones is 1. The summed E-state index contributed by atoms with van der Waals surface area (Å²) in [5.41, 5.74) is 2.56. The number of amides is 1. The molecule has 2 heterocycles. The fraction of sp³-hybridized carbons (Fsp3) is 0.273. The van der Waals surface area contributed by atoms with Crippen molar-refractivity contribution in [3.05, 3.63) is 58.7 Å². The van der Waals surface area contributed by atoms with E-state index in [2.05, 4.69) is 0 Å². The van der Waals surface area contributed by atoms with E-state index in [0.717, 1.165) is 11.1 Å². The van der Waals surface area contributed by atoms with Crippen molar-refractivity contribution in [3.8, 4) is 17.2 Å². The van der Waals surface area contributed by atoms with E-state index in [4.69, 9.17) is 9.47 Å². The summed E-state index contributed by atoms with van der Waals surface area (Å²) in [5, 5.41) is 9.98. The number of carbonyl (C=O) groups excluding carboxylic acids is 2. The second kappa shape index (κ2) is 7.03. The van der Waals surface area contributed by atoms with Gasteiger partial charge in [-0.1, -0.05) is 18.2 Å². The van der Waals surface area contributed by atoms with Crippen LogP contribution in [-0.2, 0) is 16.0 Å². The lowest BCUT2D eigenvalue weighted by Gasteiger charge is -2.40. The monoisotopic (exact) mass is 379 g/mol. The van der Waals surface area contributed by atoms with Gasteiger partial charge in [0, 0.05) is 18.5 Å². The number of carbonyl (C=O) groups is 2. The van der Waals surface area contributed by atoms with E-state index in [1.807, 2.05) is 12.1 Å². The molecule has 1 saturated heterocycles. The Balaban J connectivity index is 1.72. The van der Waals surface area contributed by atoms with Crippen LogP contribution in [0.5, 0.6) is 17.2 Å². The molecule has 4 rings (SSSR count). The van der Waals surface area contributed by atoms with Gasteiger partial charge in [0.15, 0.2) is 17.3 Å². The van der Waals surface area contributed by atoms with Gasteiger partial charge in [-0.3, -0.25) is 9.59 Å². The number of aromatic hydroxyl groups is 1. The summed E-state index contributed by atoms with van der Waals surface area (Å²) in [6.45, 7) is 0.525. The Labute approximate surface area is 163 Å². The van der Waals surface area contributed by atoms with Crippen LogP contribution < -0.4 is 9.47 Å². The first-order valence-corrected chi connectivity index (χ1v) is 9.12. The number of piperidine rings is 1. The van der Waals surface area contributed by atoms with Crippen molar-refractivity contribution in [1.82, 2.24) is 4.90 Å². The summed E-state index contributed by atoms with van der Waals surface area (Å²) >= 11 is 0. The van der Waals surface area contributed by atoms with E-state index < -0.39 is 0 Å². The molecular weight excluding hydrogens is 358 g/mol. The molecular formula is C22H21NO5. The van der Waals surface area contributed by atoms with Crippen LogP contribution in [0.3, 0.4) is 0 Å². The fourth-order valence-corrected chi connectivity index (χ4v) is 3.96. The number of phenols is 1. The van der Waals surface area contributed by atoms with Crippen molar-refractivity contribution in [2.24, 2.45) is 0 Å². The van der Waals surface area contributed by atoms with Crippen LogP contribution in [0.25, 0.3) is 6.08 Å². The molecule has 1 fully saturated rings. The number of hydrogen-bond donors (Lipinski definition) is 1. The van der Waals surface area contributed by atoms with Gasteiger partial charge in [0.1, 0.15) is 5.75 Å². The van der Waals surface area contributed by atoms with Crippen LogP contribution in [0.2, 0.25) is 0 Å². The van der Waals surface area contributed by atoms with Gasteiger partial charge in [-0.15, -0.1) is 0 Å². The van der Waals surface area contributed by atoms with Crippen molar-refractivity contribution in [2.75, 3.05) is 20.8 Å². The third-order valence-corrected chi connectivity index (χ3v) is 5.41. The maximum atomic E-state index is 13.1. The SMILES string of the molecule is COc1cc2c(cc1OC)[C@@H]1CC(=O)/C(=C\c3ccccc3O)C(=O)N1CC2. The molecule has 1 N–H and O–H groups in total. The Morgan fingerprint density at radius 2 is 1.82 bits per heavy atom. The number of ether oxygens (including phenoxy) is 2. The summed E-state index contributed by atoms with van der Waals surface area (Å²) < 4.78 is 10.8. The van der Waals surface area contributed by atoms with Gasteiger partial charge >= 0.3 is 0 Å². The van der Waals surface area contributed by atoms with E-state index in [-0.39, 0.29) is 35.5 Å². The summed E-state index contributed by atoms with van der Waals surface area (Å²) in [6, 6.07) is 10.1. The normalized spacial score (nSPS) is 20.0. The molecule has 2 aliphatic rings. The lowest BCUT2D eigenvalue weighted by atomic mass is 9.83. The standard InChI is InChI=1S/C22H21NO5/c1-27-20-10-13-7-8-23-17(15(13)11-21(20)28-2)12-19(25)16(22(23)26)9-14-5-3-4-6-18(14)24/h3-6,9-11,17,24H,7-8,12H2,1-2H3/b16-9+/t17-/m0/s1. The zero-order chi connectivity index (χ0) is 19.8. The van der Waals surface area contributed by atoms with Gasteiger partial charge < -0.3 is 19.5 Å². The molecule has 0 aliphatic carbocycles. The first-order valence-electron chi connectivity index (χ1n) is 9.12. The number of benzene rings is 2. The first-order chi connectivity index (χ1) is 13.5. The number of nitrogens with zero attached hydrogens (tertiary/aromatic N) is 1. The summed E-state index contributed by atoms with van der Waals surface area (Å²) in [7, 11) is 3.15. The van der Waals surface area contributed by atoms with Crippen molar-refractivity contribution in [2.45, 2.75) is 18.9 Å². The van der Waals surface area contributed by atoms with E-state index in [1.165, 1.54) is 12.1 Å². The summed E-state index contributed by atoms with van der Waals surface area (Å²) in [5.74, 6) is 0.738. The third kappa shape index (κ3) is 2.91. The number of hydrogen-bond acceptors (Lipinski definition) is 5. The van der Waals surface area contributed by atoms with E-state index in [9.17, 15) is 14.7 Å². The molecule has 144 valence electrons. The molecule has 0 radical (unpaired) electrons. The molecule has 1 atom stereocenters. The molecule has 0 saturated carbocycles. The van der Waals surface area contributed by atoms with E-state index in [1.54, 1.807) is 37.3 Å².